The highest BCUT2D eigenvalue weighted by Gasteiger charge is 2.63. The Balaban J connectivity index is 1.85. The lowest BCUT2D eigenvalue weighted by molar-refractivity contribution is -0.228. The number of amides is 1. The summed E-state index contributed by atoms with van der Waals surface area (Å²) >= 11 is 0. The molecule has 0 spiro atoms. The molecule has 122 valence electrons. The van der Waals surface area contributed by atoms with Crippen molar-refractivity contribution in [1.29, 1.82) is 0 Å². The quantitative estimate of drug-likeness (QED) is 0.927. The smallest absolute Gasteiger partial charge is 0.352 e. The molecule has 1 saturated heterocycles. The molecule has 1 aromatic rings. The first-order valence-corrected chi connectivity index (χ1v) is 7.40. The Labute approximate surface area is 126 Å². The standard InChI is InChI=1S/C15H19F2NO4/c1-10-3-4-12(22-10)11-9-21-8-7-18(11)13(19)15(16,17)14(20)5-2-6-14/h3-4,11,20H,2,5-9H2,1H3. The highest BCUT2D eigenvalue weighted by molar-refractivity contribution is 5.85. The predicted octanol–water partition coefficient (Wildman–Crippen LogP) is 2.04. The fraction of sp³-hybridized carbons (Fsp3) is 0.667. The van der Waals surface area contributed by atoms with E-state index in [-0.39, 0.29) is 32.6 Å². The van der Waals surface area contributed by atoms with Gasteiger partial charge in [0.25, 0.3) is 5.91 Å². The van der Waals surface area contributed by atoms with Gasteiger partial charge in [0.05, 0.1) is 13.2 Å². The van der Waals surface area contributed by atoms with Gasteiger partial charge in [-0.15, -0.1) is 0 Å². The molecule has 3 rings (SSSR count). The van der Waals surface area contributed by atoms with Gasteiger partial charge in [-0.2, -0.15) is 8.78 Å². The summed E-state index contributed by atoms with van der Waals surface area (Å²) in [5.74, 6) is -4.08. The highest BCUT2D eigenvalue weighted by atomic mass is 19.3. The summed E-state index contributed by atoms with van der Waals surface area (Å²) in [7, 11) is 0. The summed E-state index contributed by atoms with van der Waals surface area (Å²) in [5, 5.41) is 9.95. The second-order valence-corrected chi connectivity index (χ2v) is 6.00. The van der Waals surface area contributed by atoms with Gasteiger partial charge in [0.2, 0.25) is 0 Å². The Morgan fingerprint density at radius 1 is 1.45 bits per heavy atom. The average molecular weight is 315 g/mol. The number of aliphatic hydroxyl groups is 1. The fourth-order valence-corrected chi connectivity index (χ4v) is 2.92. The number of nitrogens with zero attached hydrogens (tertiary/aromatic N) is 1. The van der Waals surface area contributed by atoms with Crippen LogP contribution in [0.3, 0.4) is 0 Å². The summed E-state index contributed by atoms with van der Waals surface area (Å²) in [6.07, 6.45) is 0.393. The lowest BCUT2D eigenvalue weighted by Gasteiger charge is -2.45. The maximum atomic E-state index is 14.4. The summed E-state index contributed by atoms with van der Waals surface area (Å²) in [5.41, 5.74) is -2.22. The normalized spacial score (nSPS) is 24.9. The molecule has 5 nitrogen and oxygen atoms in total. The van der Waals surface area contributed by atoms with E-state index in [2.05, 4.69) is 0 Å². The van der Waals surface area contributed by atoms with Gasteiger partial charge in [0.15, 0.2) is 0 Å². The molecule has 7 heteroatoms. The van der Waals surface area contributed by atoms with Crippen molar-refractivity contribution in [2.75, 3.05) is 19.8 Å². The van der Waals surface area contributed by atoms with E-state index in [0.29, 0.717) is 17.9 Å². The molecule has 1 aliphatic carbocycles. The number of carbonyl (C=O) groups is 1. The lowest BCUT2D eigenvalue weighted by Crippen LogP contribution is -2.62. The largest absolute Gasteiger partial charge is 0.464 e. The van der Waals surface area contributed by atoms with Gasteiger partial charge in [0, 0.05) is 6.54 Å². The predicted molar refractivity (Wildman–Crippen MR) is 72.5 cm³/mol. The molecule has 22 heavy (non-hydrogen) atoms. The molecule has 1 amide bonds. The number of alkyl halides is 2. The van der Waals surface area contributed by atoms with Crippen molar-refractivity contribution in [3.05, 3.63) is 23.7 Å². The van der Waals surface area contributed by atoms with Crippen LogP contribution in [0.4, 0.5) is 8.78 Å². The van der Waals surface area contributed by atoms with Crippen LogP contribution in [-0.2, 0) is 9.53 Å². The van der Waals surface area contributed by atoms with Gasteiger partial charge in [-0.3, -0.25) is 4.79 Å². The maximum Gasteiger partial charge on any atom is 0.352 e. The van der Waals surface area contributed by atoms with E-state index in [0.717, 1.165) is 4.90 Å². The second-order valence-electron chi connectivity index (χ2n) is 6.00. The molecule has 1 atom stereocenters. The zero-order valence-electron chi connectivity index (χ0n) is 12.3. The molecule has 2 aliphatic rings. The SMILES string of the molecule is Cc1ccc(C2COCCN2C(=O)C(F)(F)C2(O)CCC2)o1. The Hall–Kier alpha value is -1.47. The number of ether oxygens (including phenoxy) is 1. The number of morpholine rings is 1. The van der Waals surface area contributed by atoms with Gasteiger partial charge in [-0.05, 0) is 38.3 Å². The Kier molecular flexibility index (Phi) is 3.72. The number of carbonyl (C=O) groups excluding carboxylic acids is 1. The molecule has 1 N–H and O–H groups in total. The van der Waals surface area contributed by atoms with Gasteiger partial charge >= 0.3 is 5.92 Å². The minimum absolute atomic E-state index is 0.0505. The number of rotatable bonds is 3. The monoisotopic (exact) mass is 315 g/mol. The second kappa shape index (κ2) is 5.31. The van der Waals surface area contributed by atoms with E-state index in [9.17, 15) is 18.7 Å². The van der Waals surface area contributed by atoms with Crippen LogP contribution in [0.15, 0.2) is 16.5 Å². The molecule has 2 heterocycles. The average Bonchev–Trinajstić information content (AvgIpc) is 2.90. The van der Waals surface area contributed by atoms with E-state index < -0.39 is 23.5 Å². The number of hydrogen-bond acceptors (Lipinski definition) is 4. The van der Waals surface area contributed by atoms with Crippen molar-refractivity contribution in [2.24, 2.45) is 0 Å². The summed E-state index contributed by atoms with van der Waals surface area (Å²) < 4.78 is 39.6. The molecule has 0 aromatic carbocycles. The van der Waals surface area contributed by atoms with Crippen LogP contribution in [0.25, 0.3) is 0 Å². The van der Waals surface area contributed by atoms with Gasteiger partial charge < -0.3 is 19.2 Å². The van der Waals surface area contributed by atoms with E-state index in [1.54, 1.807) is 19.1 Å². The van der Waals surface area contributed by atoms with Crippen molar-refractivity contribution >= 4 is 5.91 Å². The van der Waals surface area contributed by atoms with E-state index in [1.807, 2.05) is 0 Å². The zero-order chi connectivity index (χ0) is 16.0. The molecule has 0 bridgehead atoms. The Morgan fingerprint density at radius 3 is 2.73 bits per heavy atom. The van der Waals surface area contributed by atoms with E-state index in [4.69, 9.17) is 9.15 Å². The highest BCUT2D eigenvalue weighted by Crippen LogP contribution is 2.46. The minimum atomic E-state index is -3.79. The molecule has 2 fully saturated rings. The van der Waals surface area contributed by atoms with Crippen LogP contribution < -0.4 is 0 Å². The van der Waals surface area contributed by atoms with Gasteiger partial charge in [-0.1, -0.05) is 0 Å². The Morgan fingerprint density at radius 2 is 2.18 bits per heavy atom. The molecular formula is C15H19F2NO4. The van der Waals surface area contributed by atoms with E-state index >= 15 is 0 Å². The van der Waals surface area contributed by atoms with Crippen LogP contribution in [0, 0.1) is 6.92 Å². The van der Waals surface area contributed by atoms with Crippen molar-refractivity contribution in [2.45, 2.75) is 43.8 Å². The minimum Gasteiger partial charge on any atom is -0.464 e. The number of halogens is 2. The molecule has 0 radical (unpaired) electrons. The van der Waals surface area contributed by atoms with Crippen molar-refractivity contribution in [3.8, 4) is 0 Å². The van der Waals surface area contributed by atoms with Crippen LogP contribution in [-0.4, -0.2) is 47.2 Å². The first-order chi connectivity index (χ1) is 10.3. The zero-order valence-corrected chi connectivity index (χ0v) is 12.3. The third-order valence-corrected chi connectivity index (χ3v) is 4.51. The van der Waals surface area contributed by atoms with E-state index in [1.165, 1.54) is 0 Å². The van der Waals surface area contributed by atoms with Gasteiger partial charge in [-0.25, -0.2) is 0 Å². The van der Waals surface area contributed by atoms with Crippen molar-refractivity contribution in [1.82, 2.24) is 4.90 Å². The van der Waals surface area contributed by atoms with Crippen LogP contribution in [0.2, 0.25) is 0 Å². The van der Waals surface area contributed by atoms with Gasteiger partial charge in [0.1, 0.15) is 23.2 Å². The molecular weight excluding hydrogens is 296 g/mol. The number of aryl methyl sites for hydroxylation is 1. The van der Waals surface area contributed by atoms with Crippen molar-refractivity contribution < 1.29 is 27.8 Å². The molecule has 1 aromatic heterocycles. The van der Waals surface area contributed by atoms with Crippen molar-refractivity contribution in [3.63, 3.8) is 0 Å². The third-order valence-electron chi connectivity index (χ3n) is 4.51. The summed E-state index contributed by atoms with van der Waals surface area (Å²) in [6.45, 7) is 2.09. The number of furan rings is 1. The first kappa shape index (κ1) is 15.4. The third kappa shape index (κ3) is 2.32. The maximum absolute atomic E-state index is 14.4. The number of hydrogen-bond donors (Lipinski definition) is 1. The van der Waals surface area contributed by atoms with Crippen LogP contribution in [0.5, 0.6) is 0 Å². The molecule has 1 saturated carbocycles. The topological polar surface area (TPSA) is 62.9 Å². The fourth-order valence-electron chi connectivity index (χ4n) is 2.92. The Bertz CT molecular complexity index is 568. The summed E-state index contributed by atoms with van der Waals surface area (Å²) in [6, 6.07) is 2.68. The first-order valence-electron chi connectivity index (χ1n) is 7.40. The van der Waals surface area contributed by atoms with Crippen LogP contribution >= 0.6 is 0 Å². The lowest BCUT2D eigenvalue weighted by atomic mass is 9.75. The summed E-state index contributed by atoms with van der Waals surface area (Å²) in [4.78, 5) is 13.4. The van der Waals surface area contributed by atoms with Crippen LogP contribution in [0.1, 0.15) is 36.8 Å². The molecule has 1 aliphatic heterocycles. The molecule has 1 unspecified atom stereocenters.